The number of nitro benzene ring substituents is 1. The molecule has 3 rings (SSSR count). The summed E-state index contributed by atoms with van der Waals surface area (Å²) in [5, 5.41) is 10.8. The molecule has 1 amide bonds. The third kappa shape index (κ3) is 3.64. The Labute approximate surface area is 160 Å². The summed E-state index contributed by atoms with van der Waals surface area (Å²) in [7, 11) is 0. The lowest BCUT2D eigenvalue weighted by Crippen LogP contribution is -2.28. The van der Waals surface area contributed by atoms with Gasteiger partial charge in [0, 0.05) is 35.4 Å². The van der Waals surface area contributed by atoms with Gasteiger partial charge in [0.15, 0.2) is 0 Å². The lowest BCUT2D eigenvalue weighted by Gasteiger charge is -2.25. The van der Waals surface area contributed by atoms with E-state index in [1.165, 1.54) is 30.8 Å². The minimum absolute atomic E-state index is 0.0373. The first-order chi connectivity index (χ1) is 12.5. The lowest BCUT2D eigenvalue weighted by molar-refractivity contribution is -0.384. The van der Waals surface area contributed by atoms with Crippen LogP contribution in [0.3, 0.4) is 0 Å². The zero-order valence-electron chi connectivity index (χ0n) is 14.1. The molecule has 26 heavy (non-hydrogen) atoms. The van der Waals surface area contributed by atoms with Crippen LogP contribution < -0.4 is 9.64 Å². The summed E-state index contributed by atoms with van der Waals surface area (Å²) >= 11 is 7.18. The molecule has 0 N–H and O–H groups in total. The number of rotatable bonds is 6. The zero-order chi connectivity index (χ0) is 18.7. The van der Waals surface area contributed by atoms with Gasteiger partial charge in [0.1, 0.15) is 11.1 Å². The van der Waals surface area contributed by atoms with Crippen molar-refractivity contribution in [2.45, 2.75) is 23.6 Å². The number of thioether (sulfide) groups is 1. The highest BCUT2D eigenvalue weighted by Crippen LogP contribution is 2.53. The molecule has 0 fully saturated rings. The van der Waals surface area contributed by atoms with Crippen LogP contribution in [-0.4, -0.2) is 23.3 Å². The Morgan fingerprint density at radius 3 is 2.81 bits per heavy atom. The number of fused-ring (bicyclic) bond motifs is 1. The number of nitro groups is 1. The molecular formula is C18H17ClN2O4S. The summed E-state index contributed by atoms with van der Waals surface area (Å²) in [5.41, 5.74) is 1.36. The number of halogens is 1. The van der Waals surface area contributed by atoms with Crippen molar-refractivity contribution < 1.29 is 14.5 Å². The lowest BCUT2D eigenvalue weighted by atomic mass is 10.1. The van der Waals surface area contributed by atoms with E-state index in [4.69, 9.17) is 16.3 Å². The quantitative estimate of drug-likeness (QED) is 0.306. The minimum Gasteiger partial charge on any atom is -0.493 e. The zero-order valence-corrected chi connectivity index (χ0v) is 15.6. The Hall–Kier alpha value is -2.25. The number of anilines is 1. The van der Waals surface area contributed by atoms with Gasteiger partial charge in [0.25, 0.3) is 5.69 Å². The van der Waals surface area contributed by atoms with E-state index in [1.54, 1.807) is 11.0 Å². The molecule has 1 aliphatic rings. The number of carbonyl (C=O) groups excluding carboxylic acids is 1. The van der Waals surface area contributed by atoms with Gasteiger partial charge < -0.3 is 4.74 Å². The van der Waals surface area contributed by atoms with Gasteiger partial charge in [-0.2, -0.15) is 0 Å². The van der Waals surface area contributed by atoms with Gasteiger partial charge in [0.2, 0.25) is 5.91 Å². The maximum absolute atomic E-state index is 12.3. The van der Waals surface area contributed by atoms with Crippen molar-refractivity contribution in [3.8, 4) is 5.75 Å². The minimum atomic E-state index is -0.448. The highest BCUT2D eigenvalue weighted by atomic mass is 35.5. The largest absolute Gasteiger partial charge is 0.493 e. The molecule has 2 aromatic rings. The first kappa shape index (κ1) is 18.5. The van der Waals surface area contributed by atoms with E-state index in [0.29, 0.717) is 30.2 Å². The van der Waals surface area contributed by atoms with Gasteiger partial charge in [-0.25, -0.2) is 0 Å². The number of nitrogens with zero attached hydrogens (tertiary/aromatic N) is 2. The molecular weight excluding hydrogens is 376 g/mol. The van der Waals surface area contributed by atoms with Crippen molar-refractivity contribution in [2.75, 3.05) is 17.4 Å². The predicted octanol–water partition coefficient (Wildman–Crippen LogP) is 4.76. The number of hydrogen-bond donors (Lipinski definition) is 0. The molecule has 0 bridgehead atoms. The normalized spacial score (nSPS) is 15.6. The van der Waals surface area contributed by atoms with E-state index in [-0.39, 0.29) is 11.6 Å². The SMILES string of the molecule is CC(=O)N1c2ccccc2SC1c1cc([N+](=O)[O-])ccc1OCCCCl. The summed E-state index contributed by atoms with van der Waals surface area (Å²) in [6, 6.07) is 12.0. The molecule has 0 radical (unpaired) electrons. The van der Waals surface area contributed by atoms with Crippen LogP contribution in [0.25, 0.3) is 0 Å². The van der Waals surface area contributed by atoms with Gasteiger partial charge in [-0.05, 0) is 24.6 Å². The average Bonchev–Trinajstić information content (AvgIpc) is 3.01. The molecule has 1 unspecified atom stereocenters. The van der Waals surface area contributed by atoms with E-state index in [1.807, 2.05) is 24.3 Å². The molecule has 1 aliphatic heterocycles. The van der Waals surface area contributed by atoms with Gasteiger partial charge in [-0.1, -0.05) is 23.9 Å². The number of amides is 1. The Kier molecular flexibility index (Phi) is 5.68. The summed E-state index contributed by atoms with van der Waals surface area (Å²) in [6.07, 6.45) is 0.659. The summed E-state index contributed by atoms with van der Waals surface area (Å²) in [6.45, 7) is 1.89. The van der Waals surface area contributed by atoms with E-state index in [9.17, 15) is 14.9 Å². The Bertz CT molecular complexity index is 846. The first-order valence-corrected chi connectivity index (χ1v) is 9.47. The highest BCUT2D eigenvalue weighted by molar-refractivity contribution is 8.00. The predicted molar refractivity (Wildman–Crippen MR) is 102 cm³/mol. The van der Waals surface area contributed by atoms with Crippen LogP contribution in [0, 0.1) is 10.1 Å². The van der Waals surface area contributed by atoms with Crippen LogP contribution in [0.15, 0.2) is 47.4 Å². The van der Waals surface area contributed by atoms with Crippen LogP contribution in [0.1, 0.15) is 24.3 Å². The third-order valence-corrected chi connectivity index (χ3v) is 5.50. The fourth-order valence-electron chi connectivity index (χ4n) is 2.80. The number of alkyl halides is 1. The number of carbonyl (C=O) groups is 1. The fraction of sp³-hybridized carbons (Fsp3) is 0.278. The molecule has 0 saturated heterocycles. The van der Waals surface area contributed by atoms with Crippen molar-refractivity contribution in [1.82, 2.24) is 0 Å². The molecule has 0 spiro atoms. The molecule has 0 aliphatic carbocycles. The van der Waals surface area contributed by atoms with Gasteiger partial charge in [0.05, 0.1) is 17.2 Å². The van der Waals surface area contributed by atoms with Crippen LogP contribution in [-0.2, 0) is 4.79 Å². The van der Waals surface area contributed by atoms with Crippen molar-refractivity contribution in [3.63, 3.8) is 0 Å². The second-order valence-corrected chi connectivity index (χ2v) is 7.20. The topological polar surface area (TPSA) is 72.7 Å². The first-order valence-electron chi connectivity index (χ1n) is 8.05. The van der Waals surface area contributed by atoms with Crippen molar-refractivity contribution in [1.29, 1.82) is 0 Å². The van der Waals surface area contributed by atoms with Crippen LogP contribution >= 0.6 is 23.4 Å². The number of ether oxygens (including phenoxy) is 1. The van der Waals surface area contributed by atoms with Crippen LogP contribution in [0.2, 0.25) is 0 Å². The molecule has 8 heteroatoms. The van der Waals surface area contributed by atoms with E-state index >= 15 is 0 Å². The fourth-order valence-corrected chi connectivity index (χ4v) is 4.28. The molecule has 136 valence electrons. The van der Waals surface area contributed by atoms with Crippen molar-refractivity contribution >= 4 is 40.6 Å². The molecule has 0 saturated carbocycles. The molecule has 2 aromatic carbocycles. The molecule has 0 aromatic heterocycles. The Morgan fingerprint density at radius 1 is 1.35 bits per heavy atom. The smallest absolute Gasteiger partial charge is 0.270 e. The van der Waals surface area contributed by atoms with Gasteiger partial charge in [-0.15, -0.1) is 11.6 Å². The van der Waals surface area contributed by atoms with E-state index in [0.717, 1.165) is 10.6 Å². The van der Waals surface area contributed by atoms with E-state index < -0.39 is 10.3 Å². The third-order valence-electron chi connectivity index (χ3n) is 3.94. The van der Waals surface area contributed by atoms with Gasteiger partial charge in [-0.3, -0.25) is 19.8 Å². The second kappa shape index (κ2) is 7.97. The van der Waals surface area contributed by atoms with E-state index in [2.05, 4.69) is 0 Å². The highest BCUT2D eigenvalue weighted by Gasteiger charge is 2.36. The summed E-state index contributed by atoms with van der Waals surface area (Å²) < 4.78 is 5.79. The monoisotopic (exact) mass is 392 g/mol. The summed E-state index contributed by atoms with van der Waals surface area (Å²) in [4.78, 5) is 25.7. The Balaban J connectivity index is 2.04. The molecule has 6 nitrogen and oxygen atoms in total. The molecule has 1 atom stereocenters. The second-order valence-electron chi connectivity index (χ2n) is 5.70. The van der Waals surface area contributed by atoms with Crippen LogP contribution in [0.4, 0.5) is 11.4 Å². The number of non-ortho nitro benzene ring substituents is 1. The maximum atomic E-state index is 12.3. The number of para-hydroxylation sites is 1. The number of hydrogen-bond acceptors (Lipinski definition) is 5. The van der Waals surface area contributed by atoms with Gasteiger partial charge >= 0.3 is 0 Å². The van der Waals surface area contributed by atoms with Crippen molar-refractivity contribution in [3.05, 3.63) is 58.1 Å². The maximum Gasteiger partial charge on any atom is 0.270 e. The molecule has 1 heterocycles. The van der Waals surface area contributed by atoms with Crippen molar-refractivity contribution in [2.24, 2.45) is 0 Å². The Morgan fingerprint density at radius 2 is 2.12 bits per heavy atom. The summed E-state index contributed by atoms with van der Waals surface area (Å²) in [5.74, 6) is 0.855. The van der Waals surface area contributed by atoms with Crippen LogP contribution in [0.5, 0.6) is 5.75 Å². The number of benzene rings is 2. The standard InChI is InChI=1S/C18H17ClN2O4S/c1-12(22)20-15-5-2-3-6-17(15)26-18(20)14-11-13(21(23)24)7-8-16(14)25-10-4-9-19/h2-3,5-8,11,18H,4,9-10H2,1H3. The average molecular weight is 393 g/mol.